The number of aryl methyl sites for hydroxylation is 4. The highest BCUT2D eigenvalue weighted by atomic mass is 19.2. The molecule has 12 heteroatoms. The fourth-order valence-corrected chi connectivity index (χ4v) is 6.63. The van der Waals surface area contributed by atoms with Gasteiger partial charge in [-0.3, -0.25) is 0 Å². The molecule has 0 nitrogen and oxygen atoms in total. The highest BCUT2D eigenvalue weighted by molar-refractivity contribution is 5.68. The van der Waals surface area contributed by atoms with Gasteiger partial charge in [0.15, 0.2) is 69.8 Å². The monoisotopic (exact) mass is 904 g/mol. The van der Waals surface area contributed by atoms with Crippen molar-refractivity contribution in [3.8, 4) is 22.3 Å². The lowest BCUT2D eigenvalue weighted by Gasteiger charge is -2.15. The maximum Gasteiger partial charge on any atom is 0.170 e. The fraction of sp³-hybridized carbons (Fsp3) is 0.308. The maximum atomic E-state index is 14.0. The lowest BCUT2D eigenvalue weighted by atomic mass is 9.96. The molecule has 344 valence electrons. The van der Waals surface area contributed by atoms with Gasteiger partial charge in [-0.25, -0.2) is 52.7 Å². The van der Waals surface area contributed by atoms with Crippen LogP contribution in [0.15, 0.2) is 72.8 Å². The summed E-state index contributed by atoms with van der Waals surface area (Å²) in [4.78, 5) is 0. The number of rotatable bonds is 10. The summed E-state index contributed by atoms with van der Waals surface area (Å²) >= 11 is 0. The van der Waals surface area contributed by atoms with E-state index < -0.39 is 116 Å². The van der Waals surface area contributed by atoms with Crippen molar-refractivity contribution in [2.45, 2.75) is 107 Å². The quantitative estimate of drug-likeness (QED) is 0.0949. The Morgan fingerprint density at radius 1 is 0.219 bits per heavy atom. The minimum Gasteiger partial charge on any atom is -0.203 e. The van der Waals surface area contributed by atoms with Gasteiger partial charge in [-0.2, -0.15) is 0 Å². The number of halogens is 12. The second-order valence-electron chi connectivity index (χ2n) is 14.5. The summed E-state index contributed by atoms with van der Waals surface area (Å²) in [6.07, 6.45) is 3.45. The first-order chi connectivity index (χ1) is 30.4. The lowest BCUT2D eigenvalue weighted by molar-refractivity contribution is 0.428. The molecule has 6 rings (SSSR count). The molecule has 0 aliphatic heterocycles. The second-order valence-corrected chi connectivity index (χ2v) is 14.5. The van der Waals surface area contributed by atoms with Gasteiger partial charge in [-0.1, -0.05) is 128 Å². The lowest BCUT2D eigenvalue weighted by Crippen LogP contribution is -2.11. The minimum absolute atomic E-state index is 0.0739. The van der Waals surface area contributed by atoms with Gasteiger partial charge in [0.1, 0.15) is 0 Å². The molecule has 0 aliphatic rings. The molecule has 6 aromatic carbocycles. The zero-order chi connectivity index (χ0) is 48.0. The van der Waals surface area contributed by atoms with Crippen LogP contribution in [0.1, 0.15) is 99.9 Å². The third-order valence-corrected chi connectivity index (χ3v) is 10.7. The minimum atomic E-state index is -2.13. The Morgan fingerprint density at radius 3 is 0.531 bits per heavy atom. The third kappa shape index (κ3) is 12.0. The van der Waals surface area contributed by atoms with E-state index >= 15 is 0 Å². The van der Waals surface area contributed by atoms with E-state index in [1.165, 1.54) is 61.1 Å². The van der Waals surface area contributed by atoms with Crippen LogP contribution in [0.2, 0.25) is 0 Å². The van der Waals surface area contributed by atoms with E-state index in [-0.39, 0.29) is 12.8 Å². The Kier molecular flexibility index (Phi) is 20.2. The van der Waals surface area contributed by atoms with Crippen molar-refractivity contribution >= 4 is 0 Å². The molecule has 0 aliphatic carbocycles. The van der Waals surface area contributed by atoms with E-state index in [1.54, 1.807) is 0 Å². The fourth-order valence-electron chi connectivity index (χ4n) is 6.63. The summed E-state index contributed by atoms with van der Waals surface area (Å²) in [6, 6.07) is 26.5. The predicted octanol–water partition coefficient (Wildman–Crippen LogP) is 16.2. The average Bonchev–Trinajstić information content (AvgIpc) is 3.32. The Morgan fingerprint density at radius 2 is 0.375 bits per heavy atom. The van der Waals surface area contributed by atoms with Gasteiger partial charge < -0.3 is 0 Å². The van der Waals surface area contributed by atoms with Crippen molar-refractivity contribution < 1.29 is 52.7 Å². The van der Waals surface area contributed by atoms with E-state index in [2.05, 4.69) is 100 Å². The molecule has 0 N–H and O–H groups in total. The molecule has 0 radical (unpaired) electrons. The van der Waals surface area contributed by atoms with E-state index in [9.17, 15) is 52.7 Å². The zero-order valence-electron chi connectivity index (χ0n) is 37.1. The SMILES string of the molecule is CCc1c(F)c(F)c(-c2c(F)c(F)c(CC)c(F)c2F)c(F)c1F.CCc1c(F)c(F)c(CC)c(F)c1F.CCc1ccc(-c2ccc(CC)cc2)cc1.CCc1ccc(CC)cc1. The van der Waals surface area contributed by atoms with Crippen molar-refractivity contribution in [1.29, 1.82) is 0 Å². The molecule has 0 saturated carbocycles. The number of benzene rings is 6. The summed E-state index contributed by atoms with van der Waals surface area (Å²) in [5.41, 5.74) is 1.56. The van der Waals surface area contributed by atoms with Crippen LogP contribution < -0.4 is 0 Å². The topological polar surface area (TPSA) is 0 Å². The molecule has 0 heterocycles. The molecule has 0 fully saturated rings. The van der Waals surface area contributed by atoms with Gasteiger partial charge in [-0.15, -0.1) is 0 Å². The third-order valence-electron chi connectivity index (χ3n) is 10.7. The molecular formula is C52H52F12. The van der Waals surface area contributed by atoms with Crippen LogP contribution in [0, 0.1) is 69.8 Å². The summed E-state index contributed by atoms with van der Waals surface area (Å²) in [5, 5.41) is 0. The first-order valence-electron chi connectivity index (χ1n) is 21.2. The molecule has 6 aromatic rings. The van der Waals surface area contributed by atoms with Crippen molar-refractivity contribution in [3.05, 3.63) is 187 Å². The van der Waals surface area contributed by atoms with Gasteiger partial charge in [-0.05, 0) is 84.7 Å². The Balaban J connectivity index is 0.000000238. The molecule has 0 aromatic heterocycles. The summed E-state index contributed by atoms with van der Waals surface area (Å²) < 4.78 is 164. The highest BCUT2D eigenvalue weighted by Crippen LogP contribution is 2.38. The smallest absolute Gasteiger partial charge is 0.170 e. The molecule has 0 bridgehead atoms. The predicted molar refractivity (Wildman–Crippen MR) is 231 cm³/mol. The van der Waals surface area contributed by atoms with Crippen LogP contribution in [0.5, 0.6) is 0 Å². The van der Waals surface area contributed by atoms with Crippen LogP contribution in [0.4, 0.5) is 52.7 Å². The molecule has 0 unspecified atom stereocenters. The van der Waals surface area contributed by atoms with Crippen LogP contribution >= 0.6 is 0 Å². The van der Waals surface area contributed by atoms with E-state index in [4.69, 9.17) is 0 Å². The number of hydrogen-bond acceptors (Lipinski definition) is 0. The van der Waals surface area contributed by atoms with E-state index in [0.717, 1.165) is 25.7 Å². The maximum absolute atomic E-state index is 14.0. The van der Waals surface area contributed by atoms with Gasteiger partial charge >= 0.3 is 0 Å². The summed E-state index contributed by atoms with van der Waals surface area (Å²) in [7, 11) is 0. The van der Waals surface area contributed by atoms with Gasteiger partial charge in [0.2, 0.25) is 0 Å². The summed E-state index contributed by atoms with van der Waals surface area (Å²) in [6.45, 7) is 14.0. The average molecular weight is 905 g/mol. The van der Waals surface area contributed by atoms with E-state index in [1.807, 2.05) is 0 Å². The first-order valence-corrected chi connectivity index (χ1v) is 21.2. The Bertz CT molecular complexity index is 2210. The molecule has 0 saturated heterocycles. The molecule has 64 heavy (non-hydrogen) atoms. The second kappa shape index (κ2) is 24.5. The standard InChI is InChI=1S/C16H10F8.C16H18.C10H10F4.C10H14/c1-3-5-9(17)13(21)7(14(22)10(5)18)8-15(23)11(19)6(4-2)12(20)16(8)24;1-3-13-5-9-15(10-6-13)16-11-7-14(4-2)8-12-16;1-3-5-7(11)9(13)6(4-2)10(14)8(5)12;1-3-9-5-7-10(4-2)8-6-9/h3-4H2,1-2H3;5-12H,3-4H2,1-2H3;3-4H2,1-2H3;5-8H,3-4H2,1-2H3. The normalized spacial score (nSPS) is 10.7. The van der Waals surface area contributed by atoms with Crippen molar-refractivity contribution in [2.75, 3.05) is 0 Å². The van der Waals surface area contributed by atoms with Crippen LogP contribution in [-0.2, 0) is 51.4 Å². The van der Waals surface area contributed by atoms with Crippen LogP contribution in [0.3, 0.4) is 0 Å². The molecular weight excluding hydrogens is 853 g/mol. The molecule has 0 amide bonds. The summed E-state index contributed by atoms with van der Waals surface area (Å²) in [5.74, 6) is -21.2. The Labute approximate surface area is 368 Å². The van der Waals surface area contributed by atoms with Crippen molar-refractivity contribution in [1.82, 2.24) is 0 Å². The molecule has 0 spiro atoms. The van der Waals surface area contributed by atoms with E-state index in [0.29, 0.717) is 0 Å². The van der Waals surface area contributed by atoms with Crippen molar-refractivity contribution in [3.63, 3.8) is 0 Å². The zero-order valence-corrected chi connectivity index (χ0v) is 37.1. The Hall–Kier alpha value is -5.52. The van der Waals surface area contributed by atoms with Crippen molar-refractivity contribution in [2.24, 2.45) is 0 Å². The van der Waals surface area contributed by atoms with Crippen LogP contribution in [0.25, 0.3) is 22.3 Å². The highest BCUT2D eigenvalue weighted by Gasteiger charge is 2.33. The molecule has 0 atom stereocenters. The van der Waals surface area contributed by atoms with Crippen LogP contribution in [-0.4, -0.2) is 0 Å². The largest absolute Gasteiger partial charge is 0.203 e. The van der Waals surface area contributed by atoms with Gasteiger partial charge in [0, 0.05) is 22.3 Å². The number of hydrogen-bond donors (Lipinski definition) is 0. The first kappa shape index (κ1) is 52.8. The van der Waals surface area contributed by atoms with Gasteiger partial charge in [0.05, 0.1) is 11.1 Å². The van der Waals surface area contributed by atoms with Gasteiger partial charge in [0.25, 0.3) is 0 Å².